The van der Waals surface area contributed by atoms with Crippen LogP contribution in [0.5, 0.6) is 0 Å². The quantitative estimate of drug-likeness (QED) is 0.0484. The van der Waals surface area contributed by atoms with Crippen LogP contribution in [0.1, 0.15) is 70.7 Å². The second-order valence-corrected chi connectivity index (χ2v) is 14.9. The Morgan fingerprint density at radius 2 is 1.75 bits per heavy atom. The van der Waals surface area contributed by atoms with Gasteiger partial charge in [0.15, 0.2) is 0 Å². The van der Waals surface area contributed by atoms with Crippen molar-refractivity contribution in [3.63, 3.8) is 0 Å². The second-order valence-electron chi connectivity index (χ2n) is 14.9. The number of halogens is 1. The van der Waals surface area contributed by atoms with Crippen LogP contribution in [0, 0.1) is 12.7 Å². The molecule has 2 aliphatic heterocycles. The predicted octanol–water partition coefficient (Wildman–Crippen LogP) is 0.536. The molecule has 1 aliphatic carbocycles. The van der Waals surface area contributed by atoms with Crippen molar-refractivity contribution in [1.29, 1.82) is 0 Å². The Morgan fingerprint density at radius 1 is 0.983 bits per heavy atom. The van der Waals surface area contributed by atoms with Gasteiger partial charge >= 0.3 is 5.97 Å². The van der Waals surface area contributed by atoms with Crippen LogP contribution in [0.15, 0.2) is 47.3 Å². The van der Waals surface area contributed by atoms with E-state index in [0.717, 1.165) is 27.6 Å². The lowest BCUT2D eigenvalue weighted by Gasteiger charge is -2.29. The molecule has 4 aromatic rings. The fraction of sp³-hybridized carbons (Fsp3) is 0.381. The SMILES string of the molecule is CCC1C(=O)OCc2c1cc1n(c2=O)Cc2c-1nc1cc(F)c(C)c3c1c2C(NC(=O)COCNC(=O)CNC(=O)C(Cc1ccccc1)NC(=O)CNC(=O)CN)CC3. The second kappa shape index (κ2) is 17.8. The van der Waals surface area contributed by atoms with Crippen LogP contribution in [-0.4, -0.2) is 84.1 Å². The van der Waals surface area contributed by atoms with Gasteiger partial charge in [-0.05, 0) is 60.1 Å². The Balaban J connectivity index is 0.989. The molecule has 0 fully saturated rings. The summed E-state index contributed by atoms with van der Waals surface area (Å²) >= 11 is 0. The third kappa shape index (κ3) is 8.46. The number of ether oxygens (including phenoxy) is 2. The molecule has 60 heavy (non-hydrogen) atoms. The van der Waals surface area contributed by atoms with Crippen molar-refractivity contribution >= 4 is 46.4 Å². The highest BCUT2D eigenvalue weighted by Gasteiger charge is 2.38. The number of carbonyl (C=O) groups excluding carboxylic acids is 6. The van der Waals surface area contributed by atoms with Crippen LogP contribution >= 0.6 is 0 Å². The van der Waals surface area contributed by atoms with Crippen molar-refractivity contribution in [2.75, 3.05) is 33.0 Å². The zero-order valence-corrected chi connectivity index (χ0v) is 33.1. The van der Waals surface area contributed by atoms with Crippen LogP contribution in [-0.2, 0) is 64.2 Å². The van der Waals surface area contributed by atoms with Crippen molar-refractivity contribution in [2.24, 2.45) is 5.73 Å². The third-order valence-electron chi connectivity index (χ3n) is 11.1. The molecular formula is C42H45FN8O9. The van der Waals surface area contributed by atoms with Gasteiger partial charge in [-0.2, -0.15) is 0 Å². The first kappa shape index (κ1) is 41.6. The molecule has 3 aliphatic rings. The topological polar surface area (TPSA) is 242 Å². The molecule has 3 unspecified atom stereocenters. The fourth-order valence-corrected chi connectivity index (χ4v) is 8.14. The molecule has 0 spiro atoms. The Labute approximate surface area is 343 Å². The smallest absolute Gasteiger partial charge is 0.313 e. The molecule has 7 N–H and O–H groups in total. The molecule has 17 nitrogen and oxygen atoms in total. The van der Waals surface area contributed by atoms with E-state index in [-0.39, 0.29) is 45.0 Å². The number of benzene rings is 2. The van der Waals surface area contributed by atoms with Gasteiger partial charge in [-0.1, -0.05) is 37.3 Å². The van der Waals surface area contributed by atoms with Gasteiger partial charge in [0, 0.05) is 23.4 Å². The Hall–Kier alpha value is -6.53. The zero-order valence-electron chi connectivity index (χ0n) is 33.1. The number of rotatable bonds is 15. The third-order valence-corrected chi connectivity index (χ3v) is 11.1. The number of amides is 5. The number of hydrogen-bond acceptors (Lipinski definition) is 11. The zero-order chi connectivity index (χ0) is 42.7. The van der Waals surface area contributed by atoms with E-state index in [1.54, 1.807) is 41.8 Å². The highest BCUT2D eigenvalue weighted by molar-refractivity contribution is 5.94. The van der Waals surface area contributed by atoms with Gasteiger partial charge in [-0.25, -0.2) is 9.37 Å². The summed E-state index contributed by atoms with van der Waals surface area (Å²) in [7, 11) is 0. The summed E-state index contributed by atoms with van der Waals surface area (Å²) in [5.41, 5.74) is 10.8. The molecule has 0 bridgehead atoms. The average molecular weight is 825 g/mol. The number of nitrogens with two attached hydrogens (primary N) is 1. The minimum absolute atomic E-state index is 0.115. The number of nitrogens with zero attached hydrogens (tertiary/aromatic N) is 2. The summed E-state index contributed by atoms with van der Waals surface area (Å²) in [5.74, 6) is -4.32. The van der Waals surface area contributed by atoms with E-state index < -0.39 is 72.5 Å². The highest BCUT2D eigenvalue weighted by Crippen LogP contribution is 2.45. The molecule has 0 saturated carbocycles. The van der Waals surface area contributed by atoms with Crippen molar-refractivity contribution in [1.82, 2.24) is 36.1 Å². The lowest BCUT2D eigenvalue weighted by Crippen LogP contribution is -2.52. The average Bonchev–Trinajstić information content (AvgIpc) is 3.61. The van der Waals surface area contributed by atoms with E-state index >= 15 is 4.39 Å². The van der Waals surface area contributed by atoms with E-state index in [1.165, 1.54) is 6.07 Å². The van der Waals surface area contributed by atoms with Crippen molar-refractivity contribution < 1.29 is 42.6 Å². The Kier molecular flexibility index (Phi) is 12.3. The van der Waals surface area contributed by atoms with E-state index in [1.807, 2.05) is 13.0 Å². The molecule has 314 valence electrons. The van der Waals surface area contributed by atoms with Crippen LogP contribution in [0.2, 0.25) is 0 Å². The number of carbonyl (C=O) groups is 6. The largest absolute Gasteiger partial charge is 0.460 e. The maximum atomic E-state index is 15.3. The number of esters is 1. The van der Waals surface area contributed by atoms with E-state index in [9.17, 15) is 33.6 Å². The van der Waals surface area contributed by atoms with Gasteiger partial charge in [0.05, 0.1) is 60.6 Å². The first-order valence-corrected chi connectivity index (χ1v) is 19.7. The van der Waals surface area contributed by atoms with Gasteiger partial charge in [-0.15, -0.1) is 0 Å². The first-order valence-electron chi connectivity index (χ1n) is 19.7. The molecule has 3 atom stereocenters. The number of aryl methyl sites for hydroxylation is 1. The van der Waals surface area contributed by atoms with Crippen LogP contribution in [0.25, 0.3) is 22.3 Å². The van der Waals surface area contributed by atoms with E-state index in [4.69, 9.17) is 20.2 Å². The molecule has 2 aromatic carbocycles. The lowest BCUT2D eigenvalue weighted by atomic mass is 9.81. The highest BCUT2D eigenvalue weighted by atomic mass is 19.1. The van der Waals surface area contributed by atoms with Crippen LogP contribution in [0.4, 0.5) is 4.39 Å². The summed E-state index contributed by atoms with van der Waals surface area (Å²) < 4.78 is 27.7. The number of hydrogen-bond donors (Lipinski definition) is 6. The lowest BCUT2D eigenvalue weighted by molar-refractivity contribution is -0.148. The molecule has 5 amide bonds. The molecule has 0 saturated heterocycles. The Bertz CT molecular complexity index is 2470. The van der Waals surface area contributed by atoms with Gasteiger partial charge in [0.1, 0.15) is 31.8 Å². The monoisotopic (exact) mass is 824 g/mol. The summed E-state index contributed by atoms with van der Waals surface area (Å²) in [5, 5.41) is 13.6. The van der Waals surface area contributed by atoms with Crippen LogP contribution in [0.3, 0.4) is 0 Å². The van der Waals surface area contributed by atoms with Gasteiger partial charge < -0.3 is 46.4 Å². The number of fused-ring (bicyclic) bond motifs is 5. The van der Waals surface area contributed by atoms with Crippen molar-refractivity contribution in [3.8, 4) is 11.4 Å². The summed E-state index contributed by atoms with van der Waals surface area (Å²) in [6.07, 6.45) is 1.45. The van der Waals surface area contributed by atoms with E-state index in [2.05, 4.69) is 26.6 Å². The fourth-order valence-electron chi connectivity index (χ4n) is 8.14. The molecule has 18 heteroatoms. The van der Waals surface area contributed by atoms with Gasteiger partial charge in [0.25, 0.3) is 5.56 Å². The number of cyclic esters (lactones) is 1. The minimum Gasteiger partial charge on any atom is -0.460 e. The Morgan fingerprint density at radius 3 is 2.50 bits per heavy atom. The summed E-state index contributed by atoms with van der Waals surface area (Å²) in [6.45, 7) is 1.65. The maximum absolute atomic E-state index is 15.3. The van der Waals surface area contributed by atoms with Crippen molar-refractivity contribution in [3.05, 3.63) is 97.6 Å². The molecular weight excluding hydrogens is 780 g/mol. The normalized spacial score (nSPS) is 16.4. The number of aromatic nitrogens is 2. The van der Waals surface area contributed by atoms with Gasteiger partial charge in [0.2, 0.25) is 29.5 Å². The molecule has 2 aromatic heterocycles. The first-order chi connectivity index (χ1) is 28.9. The number of pyridine rings is 2. The van der Waals surface area contributed by atoms with Crippen LogP contribution < -0.4 is 37.9 Å². The summed E-state index contributed by atoms with van der Waals surface area (Å²) in [6, 6.07) is 10.5. The molecule has 4 heterocycles. The maximum Gasteiger partial charge on any atom is 0.313 e. The van der Waals surface area contributed by atoms with Crippen molar-refractivity contribution in [2.45, 2.75) is 70.7 Å². The predicted molar refractivity (Wildman–Crippen MR) is 213 cm³/mol. The van der Waals surface area contributed by atoms with E-state index in [0.29, 0.717) is 52.9 Å². The standard InChI is InChI=1S/C42H45FN8O9/c1-3-23-25-12-32-39-26(17-51(32)41(57)27(25)18-60-42(23)58)38-29(10-9-24-21(2)28(43)13-30(50-39)37(24)38)48-36(55)19-59-20-47-34(53)15-46-40(56)31(11-22-7-5-4-6-8-22)49-35(54)16-45-33(52)14-44/h4-8,12-13,23,29,31H,3,9-11,14-20,44H2,1-2H3,(H,45,52)(H,46,56)(H,47,53)(H,48,55)(H,49,54). The molecule has 0 radical (unpaired) electrons. The van der Waals surface area contributed by atoms with Gasteiger partial charge in [-0.3, -0.25) is 33.6 Å². The molecule has 7 rings (SSSR count). The minimum atomic E-state index is -1.06. The number of nitrogens with one attached hydrogen (secondary N) is 5. The summed E-state index contributed by atoms with van der Waals surface area (Å²) in [4.78, 5) is 94.3.